The number of nitrogens with zero attached hydrogens (tertiary/aromatic N) is 1. The summed E-state index contributed by atoms with van der Waals surface area (Å²) in [6.07, 6.45) is 1.22. The Balaban J connectivity index is 2.00. The van der Waals surface area contributed by atoms with Crippen LogP contribution >= 0.6 is 0 Å². The van der Waals surface area contributed by atoms with Crippen LogP contribution in [0.2, 0.25) is 0 Å². The molecule has 2 rings (SSSR count). The molecule has 0 radical (unpaired) electrons. The lowest BCUT2D eigenvalue weighted by molar-refractivity contribution is -0.134. The number of carbonyl (C=O) groups excluding carboxylic acids is 1. The van der Waals surface area contributed by atoms with Gasteiger partial charge < -0.3 is 15.4 Å². The number of benzene rings is 1. The number of ether oxygens (including phenoxy) is 1. The quantitative estimate of drug-likeness (QED) is 0.891. The Morgan fingerprint density at radius 3 is 2.75 bits per heavy atom. The van der Waals surface area contributed by atoms with Gasteiger partial charge in [0.25, 0.3) is 0 Å². The summed E-state index contributed by atoms with van der Waals surface area (Å²) in [4.78, 5) is 14.3. The fourth-order valence-corrected chi connectivity index (χ4v) is 3.01. The zero-order chi connectivity index (χ0) is 14.5. The molecule has 0 spiro atoms. The lowest BCUT2D eigenvalue weighted by Crippen LogP contribution is -2.39. The van der Waals surface area contributed by atoms with Crippen molar-refractivity contribution in [2.75, 3.05) is 20.2 Å². The minimum Gasteiger partial charge on any atom is -0.380 e. The van der Waals surface area contributed by atoms with Crippen molar-refractivity contribution in [1.29, 1.82) is 0 Å². The molecule has 20 heavy (non-hydrogen) atoms. The molecule has 1 aromatic carbocycles. The van der Waals surface area contributed by atoms with Crippen LogP contribution in [0.1, 0.15) is 31.2 Å². The van der Waals surface area contributed by atoms with Gasteiger partial charge in [0.2, 0.25) is 5.91 Å². The lowest BCUT2D eigenvalue weighted by Gasteiger charge is -2.26. The van der Waals surface area contributed by atoms with Gasteiger partial charge in [0.15, 0.2) is 0 Å². The van der Waals surface area contributed by atoms with E-state index in [1.807, 2.05) is 11.0 Å². The second-order valence-corrected chi connectivity index (χ2v) is 5.43. The van der Waals surface area contributed by atoms with E-state index in [4.69, 9.17) is 10.5 Å². The molecular formula is C16H24N2O2. The number of methoxy groups -OCH3 is 1. The van der Waals surface area contributed by atoms with Crippen molar-refractivity contribution < 1.29 is 9.53 Å². The highest BCUT2D eigenvalue weighted by molar-refractivity contribution is 5.77. The van der Waals surface area contributed by atoms with Crippen LogP contribution < -0.4 is 5.73 Å². The predicted molar refractivity (Wildman–Crippen MR) is 79.4 cm³/mol. The molecule has 1 saturated heterocycles. The molecular weight excluding hydrogens is 252 g/mol. The van der Waals surface area contributed by atoms with E-state index < -0.39 is 0 Å². The Labute approximate surface area is 120 Å². The predicted octanol–water partition coefficient (Wildman–Crippen LogP) is 1.75. The topological polar surface area (TPSA) is 55.6 Å². The molecule has 3 atom stereocenters. The molecule has 1 aliphatic rings. The van der Waals surface area contributed by atoms with E-state index in [-0.39, 0.29) is 18.1 Å². The molecule has 0 bridgehead atoms. The molecule has 0 aliphatic carbocycles. The average Bonchev–Trinajstić information content (AvgIpc) is 2.87. The van der Waals surface area contributed by atoms with Crippen LogP contribution in [-0.4, -0.2) is 43.2 Å². The molecule has 0 aromatic heterocycles. The average molecular weight is 276 g/mol. The van der Waals surface area contributed by atoms with Gasteiger partial charge in [-0.25, -0.2) is 0 Å². The number of hydrogen-bond acceptors (Lipinski definition) is 3. The van der Waals surface area contributed by atoms with Crippen LogP contribution in [0.25, 0.3) is 0 Å². The molecule has 2 N–H and O–H groups in total. The van der Waals surface area contributed by atoms with Crippen molar-refractivity contribution in [3.05, 3.63) is 35.9 Å². The standard InChI is InChI=1S/C16H24N2O2/c1-12-15(13-6-4-3-5-7-13)8-9-18(12)16(19)10-14(11-17)20-2/h3-7,12,14-15H,8-11,17H2,1-2H3. The van der Waals surface area contributed by atoms with Crippen molar-refractivity contribution in [3.8, 4) is 0 Å². The molecule has 0 saturated carbocycles. The molecule has 110 valence electrons. The molecule has 1 amide bonds. The molecule has 1 fully saturated rings. The fraction of sp³-hybridized carbons (Fsp3) is 0.562. The molecule has 4 nitrogen and oxygen atoms in total. The molecule has 1 aliphatic heterocycles. The first-order valence-corrected chi connectivity index (χ1v) is 7.24. The summed E-state index contributed by atoms with van der Waals surface area (Å²) in [6, 6.07) is 10.7. The van der Waals surface area contributed by atoms with Crippen LogP contribution in [0, 0.1) is 0 Å². The first-order valence-electron chi connectivity index (χ1n) is 7.24. The lowest BCUT2D eigenvalue weighted by atomic mass is 9.93. The zero-order valence-corrected chi connectivity index (χ0v) is 12.3. The van der Waals surface area contributed by atoms with Crippen LogP contribution in [0.3, 0.4) is 0 Å². The van der Waals surface area contributed by atoms with E-state index in [0.29, 0.717) is 18.9 Å². The van der Waals surface area contributed by atoms with Gasteiger partial charge in [0, 0.05) is 32.2 Å². The summed E-state index contributed by atoms with van der Waals surface area (Å²) < 4.78 is 5.20. The second-order valence-electron chi connectivity index (χ2n) is 5.43. The molecule has 1 aromatic rings. The second kappa shape index (κ2) is 6.86. The Bertz CT molecular complexity index is 431. The highest BCUT2D eigenvalue weighted by Gasteiger charge is 2.34. The first kappa shape index (κ1) is 15.0. The van der Waals surface area contributed by atoms with Gasteiger partial charge in [-0.3, -0.25) is 4.79 Å². The van der Waals surface area contributed by atoms with Crippen molar-refractivity contribution in [2.24, 2.45) is 5.73 Å². The fourth-order valence-electron chi connectivity index (χ4n) is 3.01. The molecule has 4 heteroatoms. The number of likely N-dealkylation sites (tertiary alicyclic amines) is 1. The van der Waals surface area contributed by atoms with Crippen LogP contribution in [0.15, 0.2) is 30.3 Å². The minimum atomic E-state index is -0.175. The van der Waals surface area contributed by atoms with Crippen molar-refractivity contribution >= 4 is 5.91 Å². The summed E-state index contributed by atoms with van der Waals surface area (Å²) >= 11 is 0. The van der Waals surface area contributed by atoms with E-state index in [9.17, 15) is 4.79 Å². The van der Waals surface area contributed by atoms with Gasteiger partial charge in [-0.2, -0.15) is 0 Å². The maximum atomic E-state index is 12.4. The van der Waals surface area contributed by atoms with Crippen molar-refractivity contribution in [1.82, 2.24) is 4.90 Å². The highest BCUT2D eigenvalue weighted by Crippen LogP contribution is 2.33. The third kappa shape index (κ3) is 3.19. The van der Waals surface area contributed by atoms with Gasteiger partial charge in [0.05, 0.1) is 12.5 Å². The van der Waals surface area contributed by atoms with Gasteiger partial charge in [0.1, 0.15) is 0 Å². The maximum absolute atomic E-state index is 12.4. The van der Waals surface area contributed by atoms with Gasteiger partial charge in [-0.1, -0.05) is 30.3 Å². The summed E-state index contributed by atoms with van der Waals surface area (Å²) in [6.45, 7) is 3.33. The maximum Gasteiger partial charge on any atom is 0.225 e. The van der Waals surface area contributed by atoms with Crippen LogP contribution in [0.4, 0.5) is 0 Å². The largest absolute Gasteiger partial charge is 0.380 e. The summed E-state index contributed by atoms with van der Waals surface area (Å²) in [5.74, 6) is 0.576. The number of carbonyl (C=O) groups is 1. The van der Waals surface area contributed by atoms with E-state index in [0.717, 1.165) is 13.0 Å². The summed E-state index contributed by atoms with van der Waals surface area (Å²) in [5, 5.41) is 0. The molecule has 3 unspecified atom stereocenters. The number of hydrogen-bond donors (Lipinski definition) is 1. The van der Waals surface area contributed by atoms with E-state index in [1.165, 1.54) is 5.56 Å². The zero-order valence-electron chi connectivity index (χ0n) is 12.3. The number of amides is 1. The summed E-state index contributed by atoms with van der Waals surface area (Å²) in [5.41, 5.74) is 6.90. The van der Waals surface area contributed by atoms with Crippen molar-refractivity contribution in [3.63, 3.8) is 0 Å². The van der Waals surface area contributed by atoms with E-state index in [2.05, 4.69) is 31.2 Å². The minimum absolute atomic E-state index is 0.147. The van der Waals surface area contributed by atoms with Gasteiger partial charge in [-0.05, 0) is 18.9 Å². The van der Waals surface area contributed by atoms with E-state index >= 15 is 0 Å². The van der Waals surface area contributed by atoms with Gasteiger partial charge in [-0.15, -0.1) is 0 Å². The SMILES string of the molecule is COC(CN)CC(=O)N1CCC(c2ccccc2)C1C. The Morgan fingerprint density at radius 1 is 1.45 bits per heavy atom. The smallest absolute Gasteiger partial charge is 0.225 e. The van der Waals surface area contributed by atoms with E-state index in [1.54, 1.807) is 7.11 Å². The number of nitrogens with two attached hydrogens (primary N) is 1. The highest BCUT2D eigenvalue weighted by atomic mass is 16.5. The first-order chi connectivity index (χ1) is 9.67. The Kier molecular flexibility index (Phi) is 5.15. The van der Waals surface area contributed by atoms with Crippen LogP contribution in [0.5, 0.6) is 0 Å². The monoisotopic (exact) mass is 276 g/mol. The Hall–Kier alpha value is -1.39. The third-order valence-electron chi connectivity index (χ3n) is 4.30. The molecule has 1 heterocycles. The third-order valence-corrected chi connectivity index (χ3v) is 4.30. The summed E-state index contributed by atoms with van der Waals surface area (Å²) in [7, 11) is 1.60. The number of rotatable bonds is 5. The van der Waals surface area contributed by atoms with Crippen LogP contribution in [-0.2, 0) is 9.53 Å². The van der Waals surface area contributed by atoms with Crippen molar-refractivity contribution in [2.45, 2.75) is 37.8 Å². The Morgan fingerprint density at radius 2 is 2.15 bits per heavy atom. The normalized spacial score (nSPS) is 23.9. The van der Waals surface area contributed by atoms with Gasteiger partial charge >= 0.3 is 0 Å².